The Morgan fingerprint density at radius 1 is 0.515 bits per heavy atom. The fourth-order valence-electron chi connectivity index (χ4n) is 4.87. The van der Waals surface area contributed by atoms with Gasteiger partial charge in [0.15, 0.2) is 0 Å². The van der Waals surface area contributed by atoms with Crippen molar-refractivity contribution in [3.63, 3.8) is 0 Å². The molecular formula is C28H15Br2N3. The Morgan fingerprint density at radius 3 is 1.67 bits per heavy atom. The highest BCUT2D eigenvalue weighted by Crippen LogP contribution is 2.38. The Bertz CT molecular complexity index is 1850. The molecule has 0 aliphatic carbocycles. The Kier molecular flexibility index (Phi) is 4.14. The minimum absolute atomic E-state index is 0.848. The molecule has 0 aliphatic rings. The summed E-state index contributed by atoms with van der Waals surface area (Å²) in [6, 6.07) is 31.8. The van der Waals surface area contributed by atoms with E-state index in [0.29, 0.717) is 0 Å². The maximum absolute atomic E-state index is 5.07. The molecule has 0 unspecified atom stereocenters. The Balaban J connectivity index is 1.71. The first-order chi connectivity index (χ1) is 16.2. The van der Waals surface area contributed by atoms with Gasteiger partial charge in [0.05, 0.1) is 27.8 Å². The molecule has 2 heterocycles. The quantitative estimate of drug-likeness (QED) is 0.151. The van der Waals surface area contributed by atoms with E-state index in [2.05, 4.69) is 115 Å². The van der Waals surface area contributed by atoms with Crippen molar-refractivity contribution in [3.8, 4) is 5.69 Å². The van der Waals surface area contributed by atoms with Gasteiger partial charge in [-0.2, -0.15) is 0 Å². The second kappa shape index (κ2) is 7.11. The Labute approximate surface area is 205 Å². The summed E-state index contributed by atoms with van der Waals surface area (Å²) in [5.74, 6) is 0. The maximum Gasteiger partial charge on any atom is 0.105 e. The van der Waals surface area contributed by atoms with Crippen LogP contribution >= 0.6 is 31.9 Å². The second-order valence-electron chi connectivity index (χ2n) is 8.13. The molecule has 0 atom stereocenters. The van der Waals surface area contributed by atoms with E-state index in [1.54, 1.807) is 0 Å². The topological polar surface area (TPSA) is 30.7 Å². The van der Waals surface area contributed by atoms with Gasteiger partial charge in [0.25, 0.3) is 0 Å². The van der Waals surface area contributed by atoms with Crippen molar-refractivity contribution < 1.29 is 0 Å². The van der Waals surface area contributed by atoms with Gasteiger partial charge in [0.2, 0.25) is 0 Å². The molecule has 7 rings (SSSR count). The molecule has 0 fully saturated rings. The van der Waals surface area contributed by atoms with Crippen molar-refractivity contribution in [1.29, 1.82) is 0 Å². The van der Waals surface area contributed by atoms with E-state index in [0.717, 1.165) is 47.5 Å². The molecule has 0 N–H and O–H groups in total. The van der Waals surface area contributed by atoms with Gasteiger partial charge >= 0.3 is 0 Å². The third-order valence-electron chi connectivity index (χ3n) is 6.30. The largest absolute Gasteiger partial charge is 0.309 e. The highest BCUT2D eigenvalue weighted by atomic mass is 79.9. The van der Waals surface area contributed by atoms with Crippen LogP contribution in [0.4, 0.5) is 0 Å². The van der Waals surface area contributed by atoms with E-state index in [9.17, 15) is 0 Å². The number of hydrogen-bond acceptors (Lipinski definition) is 2. The predicted octanol–water partition coefficient (Wildman–Crippen LogP) is 8.56. The lowest BCUT2D eigenvalue weighted by molar-refractivity contribution is 1.20. The zero-order chi connectivity index (χ0) is 22.1. The molecule has 0 amide bonds. The Hall–Kier alpha value is -3.28. The van der Waals surface area contributed by atoms with Crippen LogP contribution in [0.5, 0.6) is 0 Å². The van der Waals surface area contributed by atoms with E-state index in [1.165, 1.54) is 21.8 Å². The number of fused-ring (bicyclic) bond motifs is 7. The van der Waals surface area contributed by atoms with Gasteiger partial charge in [0.1, 0.15) is 11.0 Å². The number of nitrogens with zero attached hydrogens (tertiary/aromatic N) is 3. The normalized spacial score (nSPS) is 11.9. The fraction of sp³-hybridized carbons (Fsp3) is 0. The summed E-state index contributed by atoms with van der Waals surface area (Å²) in [4.78, 5) is 10.1. The molecule has 5 heteroatoms. The van der Waals surface area contributed by atoms with Gasteiger partial charge in [0, 0.05) is 30.5 Å². The van der Waals surface area contributed by atoms with Crippen molar-refractivity contribution in [3.05, 3.63) is 99.9 Å². The Morgan fingerprint density at radius 2 is 1.03 bits per heavy atom. The van der Waals surface area contributed by atoms with Gasteiger partial charge in [-0.15, -0.1) is 0 Å². The third kappa shape index (κ3) is 2.73. The lowest BCUT2D eigenvalue weighted by Crippen LogP contribution is -1.98. The van der Waals surface area contributed by atoms with Crippen LogP contribution in [0.25, 0.3) is 60.3 Å². The zero-order valence-electron chi connectivity index (χ0n) is 17.3. The van der Waals surface area contributed by atoms with Crippen LogP contribution in [0.15, 0.2) is 99.9 Å². The highest BCUT2D eigenvalue weighted by Gasteiger charge is 2.17. The first-order valence-electron chi connectivity index (χ1n) is 10.7. The third-order valence-corrected chi connectivity index (χ3v) is 7.58. The second-order valence-corrected chi connectivity index (χ2v) is 9.84. The van der Waals surface area contributed by atoms with Crippen molar-refractivity contribution in [1.82, 2.24) is 14.5 Å². The average molecular weight is 553 g/mol. The summed E-state index contributed by atoms with van der Waals surface area (Å²) >= 11 is 7.31. The van der Waals surface area contributed by atoms with Gasteiger partial charge in [-0.1, -0.05) is 60.7 Å². The van der Waals surface area contributed by atoms with Gasteiger partial charge in [-0.05, 0) is 62.2 Å². The van der Waals surface area contributed by atoms with Crippen molar-refractivity contribution in [2.75, 3.05) is 0 Å². The number of halogens is 2. The summed E-state index contributed by atoms with van der Waals surface area (Å²) in [5, 5.41) is 4.73. The summed E-state index contributed by atoms with van der Waals surface area (Å²) in [6.07, 6.45) is 0. The monoisotopic (exact) mass is 551 g/mol. The summed E-state index contributed by atoms with van der Waals surface area (Å²) < 4.78 is 4.22. The van der Waals surface area contributed by atoms with Crippen molar-refractivity contribution in [2.24, 2.45) is 0 Å². The SMILES string of the molecule is Brc1ccc(Br)c2nc3c(cc(-n4c5ccccc5c5ccccc54)c4ccccc43)nc12. The van der Waals surface area contributed by atoms with E-state index in [4.69, 9.17) is 9.97 Å². The van der Waals surface area contributed by atoms with Crippen molar-refractivity contribution >= 4 is 86.5 Å². The summed E-state index contributed by atoms with van der Waals surface area (Å²) in [6.45, 7) is 0. The van der Waals surface area contributed by atoms with Gasteiger partial charge < -0.3 is 4.57 Å². The summed E-state index contributed by atoms with van der Waals surface area (Å²) in [5.41, 5.74) is 6.95. The molecule has 0 saturated heterocycles. The lowest BCUT2D eigenvalue weighted by atomic mass is 10.1. The zero-order valence-corrected chi connectivity index (χ0v) is 20.4. The molecular weight excluding hydrogens is 538 g/mol. The van der Waals surface area contributed by atoms with Crippen LogP contribution in [0.3, 0.4) is 0 Å². The minimum Gasteiger partial charge on any atom is -0.309 e. The van der Waals surface area contributed by atoms with Crippen molar-refractivity contribution in [2.45, 2.75) is 0 Å². The van der Waals surface area contributed by atoms with E-state index in [1.807, 2.05) is 12.1 Å². The maximum atomic E-state index is 5.07. The van der Waals surface area contributed by atoms with Crippen LogP contribution in [-0.4, -0.2) is 14.5 Å². The first-order valence-corrected chi connectivity index (χ1v) is 12.2. The van der Waals surface area contributed by atoms with Crippen LogP contribution in [0, 0.1) is 0 Å². The number of para-hydroxylation sites is 2. The van der Waals surface area contributed by atoms with E-state index in [-0.39, 0.29) is 0 Å². The van der Waals surface area contributed by atoms with Crippen LogP contribution in [0.2, 0.25) is 0 Å². The molecule has 3 nitrogen and oxygen atoms in total. The predicted molar refractivity (Wildman–Crippen MR) is 144 cm³/mol. The van der Waals surface area contributed by atoms with E-state index >= 15 is 0 Å². The van der Waals surface area contributed by atoms with Gasteiger partial charge in [-0.25, -0.2) is 9.97 Å². The molecule has 0 aliphatic heterocycles. The standard InChI is InChI=1S/C28H15Br2N3/c29-20-13-14-21(30)28-27(20)31-22-15-25(18-9-1-2-10-19(18)26(22)32-28)33-23-11-5-3-7-16(23)17-8-4-6-12-24(17)33/h1-15H. The molecule has 156 valence electrons. The number of hydrogen-bond donors (Lipinski definition) is 0. The number of rotatable bonds is 1. The molecule has 7 aromatic rings. The molecule has 33 heavy (non-hydrogen) atoms. The number of aromatic nitrogens is 3. The highest BCUT2D eigenvalue weighted by molar-refractivity contribution is 9.11. The smallest absolute Gasteiger partial charge is 0.105 e. The minimum atomic E-state index is 0.848. The lowest BCUT2D eigenvalue weighted by Gasteiger charge is -2.14. The average Bonchev–Trinajstić information content (AvgIpc) is 3.19. The molecule has 0 spiro atoms. The van der Waals surface area contributed by atoms with Crippen LogP contribution in [0.1, 0.15) is 0 Å². The first kappa shape index (κ1) is 19.2. The van der Waals surface area contributed by atoms with Crippen LogP contribution in [-0.2, 0) is 0 Å². The van der Waals surface area contributed by atoms with E-state index < -0.39 is 0 Å². The molecule has 5 aromatic carbocycles. The molecule has 0 bridgehead atoms. The fourth-order valence-corrected chi connectivity index (χ4v) is 5.69. The molecule has 0 radical (unpaired) electrons. The van der Waals surface area contributed by atoms with Crippen LogP contribution < -0.4 is 0 Å². The molecule has 0 saturated carbocycles. The summed E-state index contributed by atoms with van der Waals surface area (Å²) in [7, 11) is 0. The number of benzene rings is 5. The van der Waals surface area contributed by atoms with Gasteiger partial charge in [-0.3, -0.25) is 0 Å². The molecule has 2 aromatic heterocycles.